The lowest BCUT2D eigenvalue weighted by atomic mass is 9.97. The number of Topliss-reactive ketones (excluding diaryl/α,β-unsaturated/α-hetero) is 1. The first kappa shape index (κ1) is 18.8. The lowest BCUT2D eigenvalue weighted by Crippen LogP contribution is -2.45. The lowest BCUT2D eigenvalue weighted by Gasteiger charge is -2.32. The van der Waals surface area contributed by atoms with Crippen LogP contribution in [0.3, 0.4) is 0 Å². The summed E-state index contributed by atoms with van der Waals surface area (Å²) in [6, 6.07) is 16.0. The maximum atomic E-state index is 13.4. The fourth-order valence-electron chi connectivity index (χ4n) is 3.64. The van der Waals surface area contributed by atoms with Gasteiger partial charge in [-0.15, -0.1) is 0 Å². The van der Waals surface area contributed by atoms with E-state index in [4.69, 9.17) is 0 Å². The van der Waals surface area contributed by atoms with Crippen LogP contribution in [0.1, 0.15) is 27.5 Å². The zero-order chi connectivity index (χ0) is 20.4. The van der Waals surface area contributed by atoms with E-state index >= 15 is 0 Å². The van der Waals surface area contributed by atoms with E-state index in [2.05, 4.69) is 0 Å². The zero-order valence-electron chi connectivity index (χ0n) is 15.6. The van der Waals surface area contributed by atoms with Gasteiger partial charge in [0.2, 0.25) is 0 Å². The van der Waals surface area contributed by atoms with Crippen molar-refractivity contribution in [3.05, 3.63) is 106 Å². The molecule has 0 spiro atoms. The van der Waals surface area contributed by atoms with Gasteiger partial charge in [0.05, 0.1) is 0 Å². The van der Waals surface area contributed by atoms with Crippen molar-refractivity contribution in [2.45, 2.75) is 19.0 Å². The Hall–Kier alpha value is -3.54. The van der Waals surface area contributed by atoms with E-state index in [9.17, 15) is 18.8 Å². The van der Waals surface area contributed by atoms with E-state index < -0.39 is 29.1 Å². The molecule has 0 N–H and O–H groups in total. The summed E-state index contributed by atoms with van der Waals surface area (Å²) < 4.78 is 14.4. The second-order valence-electron chi connectivity index (χ2n) is 7.00. The van der Waals surface area contributed by atoms with Crippen LogP contribution in [0.4, 0.5) is 4.39 Å². The van der Waals surface area contributed by atoms with Crippen molar-refractivity contribution >= 4 is 11.7 Å². The predicted molar refractivity (Wildman–Crippen MR) is 106 cm³/mol. The molecule has 2 aromatic carbocycles. The number of fused-ring (bicyclic) bond motifs is 1. The van der Waals surface area contributed by atoms with Gasteiger partial charge < -0.3 is 4.90 Å². The van der Waals surface area contributed by atoms with Gasteiger partial charge >= 0.3 is 0 Å². The summed E-state index contributed by atoms with van der Waals surface area (Å²) in [5.74, 6) is -1.46. The molecule has 0 fully saturated rings. The van der Waals surface area contributed by atoms with Crippen molar-refractivity contribution in [1.82, 2.24) is 9.47 Å². The minimum absolute atomic E-state index is 0.179. The third-order valence-electron chi connectivity index (χ3n) is 5.18. The Balaban J connectivity index is 1.72. The van der Waals surface area contributed by atoms with Crippen LogP contribution in [0.5, 0.6) is 0 Å². The van der Waals surface area contributed by atoms with Crippen LogP contribution in [0.2, 0.25) is 0 Å². The highest BCUT2D eigenvalue weighted by molar-refractivity contribution is 6.11. The average molecular weight is 390 g/mol. The Bertz CT molecular complexity index is 1120. The summed E-state index contributed by atoms with van der Waals surface area (Å²) >= 11 is 0. The van der Waals surface area contributed by atoms with Crippen LogP contribution >= 0.6 is 0 Å². The van der Waals surface area contributed by atoms with Crippen molar-refractivity contribution in [3.8, 4) is 0 Å². The second-order valence-corrected chi connectivity index (χ2v) is 7.00. The Morgan fingerprint density at radius 2 is 1.59 bits per heavy atom. The van der Waals surface area contributed by atoms with Gasteiger partial charge in [-0.3, -0.25) is 19.0 Å². The summed E-state index contributed by atoms with van der Waals surface area (Å²) in [7, 11) is 0. The SMILES string of the molecule is O=C(c1ccc(F)cc1)C(C(=O)N1CCc2ccccc2C1)n1ccccc1=O. The normalized spacial score (nSPS) is 14.2. The van der Waals surface area contributed by atoms with Crippen LogP contribution in [0.25, 0.3) is 0 Å². The Morgan fingerprint density at radius 1 is 0.897 bits per heavy atom. The Labute approximate surface area is 167 Å². The molecule has 1 aliphatic rings. The molecule has 0 aliphatic carbocycles. The molecule has 6 heteroatoms. The third-order valence-corrected chi connectivity index (χ3v) is 5.18. The van der Waals surface area contributed by atoms with Gasteiger partial charge in [0, 0.05) is 30.9 Å². The van der Waals surface area contributed by atoms with Gasteiger partial charge in [-0.05, 0) is 47.9 Å². The Kier molecular flexibility index (Phi) is 5.08. The molecule has 29 heavy (non-hydrogen) atoms. The molecule has 1 aromatic heterocycles. The molecule has 0 radical (unpaired) electrons. The van der Waals surface area contributed by atoms with Gasteiger partial charge in [0.1, 0.15) is 5.82 Å². The first-order valence-corrected chi connectivity index (χ1v) is 9.37. The Morgan fingerprint density at radius 3 is 2.31 bits per heavy atom. The number of pyridine rings is 1. The molecule has 3 aromatic rings. The molecule has 0 saturated carbocycles. The summed E-state index contributed by atoms with van der Waals surface area (Å²) in [4.78, 5) is 40.6. The number of halogens is 1. The van der Waals surface area contributed by atoms with Crippen LogP contribution < -0.4 is 5.56 Å². The fraction of sp³-hybridized carbons (Fsp3) is 0.174. The van der Waals surface area contributed by atoms with Gasteiger partial charge in [-0.2, -0.15) is 0 Å². The predicted octanol–water partition coefficient (Wildman–Crippen LogP) is 3.00. The molecule has 146 valence electrons. The van der Waals surface area contributed by atoms with Crippen LogP contribution in [-0.2, 0) is 17.8 Å². The smallest absolute Gasteiger partial charge is 0.254 e. The zero-order valence-corrected chi connectivity index (χ0v) is 15.6. The number of amides is 1. The highest BCUT2D eigenvalue weighted by atomic mass is 19.1. The molecule has 1 unspecified atom stereocenters. The molecule has 5 nitrogen and oxygen atoms in total. The number of ketones is 1. The van der Waals surface area contributed by atoms with Crippen LogP contribution in [0.15, 0.2) is 77.7 Å². The maximum Gasteiger partial charge on any atom is 0.254 e. The molecule has 4 rings (SSSR count). The number of nitrogens with zero attached hydrogens (tertiary/aromatic N) is 2. The van der Waals surface area contributed by atoms with E-state index in [0.717, 1.165) is 10.1 Å². The summed E-state index contributed by atoms with van der Waals surface area (Å²) in [5.41, 5.74) is 1.94. The number of hydrogen-bond acceptors (Lipinski definition) is 3. The molecule has 0 bridgehead atoms. The number of benzene rings is 2. The third kappa shape index (κ3) is 3.74. The van der Waals surface area contributed by atoms with Gasteiger partial charge in [-0.1, -0.05) is 30.3 Å². The number of aromatic nitrogens is 1. The highest BCUT2D eigenvalue weighted by Crippen LogP contribution is 2.23. The summed E-state index contributed by atoms with van der Waals surface area (Å²) in [5, 5.41) is 0. The van der Waals surface area contributed by atoms with Crippen LogP contribution in [0, 0.1) is 5.82 Å². The molecular weight excluding hydrogens is 371 g/mol. The van der Waals surface area contributed by atoms with Crippen molar-refractivity contribution < 1.29 is 14.0 Å². The quantitative estimate of drug-likeness (QED) is 0.508. The summed E-state index contributed by atoms with van der Waals surface area (Å²) in [6.07, 6.45) is 2.12. The molecule has 1 amide bonds. The van der Waals surface area contributed by atoms with E-state index in [0.29, 0.717) is 19.5 Å². The largest absolute Gasteiger partial charge is 0.336 e. The molecular formula is C23H19FN2O3. The van der Waals surface area contributed by atoms with Crippen molar-refractivity contribution in [1.29, 1.82) is 0 Å². The van der Waals surface area contributed by atoms with Gasteiger partial charge in [-0.25, -0.2) is 4.39 Å². The van der Waals surface area contributed by atoms with Crippen molar-refractivity contribution in [2.24, 2.45) is 0 Å². The highest BCUT2D eigenvalue weighted by Gasteiger charge is 2.34. The standard InChI is InChI=1S/C23H19FN2O3/c24-19-10-8-17(9-11-19)22(28)21(26-13-4-3-7-20(26)27)23(29)25-14-12-16-5-1-2-6-18(16)15-25/h1-11,13,21H,12,14-15H2. The lowest BCUT2D eigenvalue weighted by molar-refractivity contribution is -0.134. The van der Waals surface area contributed by atoms with Crippen LogP contribution in [-0.4, -0.2) is 27.7 Å². The number of rotatable bonds is 4. The van der Waals surface area contributed by atoms with E-state index in [1.54, 1.807) is 17.0 Å². The average Bonchev–Trinajstić information content (AvgIpc) is 2.75. The number of carbonyl (C=O) groups is 2. The van der Waals surface area contributed by atoms with Gasteiger partial charge in [0.15, 0.2) is 11.8 Å². The first-order valence-electron chi connectivity index (χ1n) is 9.37. The molecule has 2 heterocycles. The van der Waals surface area contributed by atoms with E-state index in [1.807, 2.05) is 24.3 Å². The van der Waals surface area contributed by atoms with Crippen molar-refractivity contribution in [3.63, 3.8) is 0 Å². The van der Waals surface area contributed by atoms with E-state index in [1.165, 1.54) is 42.1 Å². The molecule has 0 saturated heterocycles. The monoisotopic (exact) mass is 390 g/mol. The minimum Gasteiger partial charge on any atom is -0.336 e. The number of hydrogen-bond donors (Lipinski definition) is 0. The fourth-order valence-corrected chi connectivity index (χ4v) is 3.64. The topological polar surface area (TPSA) is 59.4 Å². The minimum atomic E-state index is -1.33. The van der Waals surface area contributed by atoms with Gasteiger partial charge in [0.25, 0.3) is 11.5 Å². The second kappa shape index (κ2) is 7.83. The summed E-state index contributed by atoms with van der Waals surface area (Å²) in [6.45, 7) is 0.842. The maximum absolute atomic E-state index is 13.4. The molecule has 1 aliphatic heterocycles. The molecule has 1 atom stereocenters. The first-order chi connectivity index (χ1) is 14.0. The van der Waals surface area contributed by atoms with E-state index in [-0.39, 0.29) is 5.56 Å². The van der Waals surface area contributed by atoms with Crippen molar-refractivity contribution in [2.75, 3.05) is 6.54 Å². The number of carbonyl (C=O) groups excluding carboxylic acids is 2.